The molecule has 0 N–H and O–H groups in total. The van der Waals surface area contributed by atoms with E-state index in [4.69, 9.17) is 14.2 Å². The fourth-order valence-electron chi connectivity index (χ4n) is 8.46. The number of esters is 3. The van der Waals surface area contributed by atoms with E-state index in [-0.39, 0.29) is 31.1 Å². The van der Waals surface area contributed by atoms with Gasteiger partial charge in [-0.05, 0) is 96.3 Å². The fraction of sp³-hybridized carbons (Fsp3) is 0.716. The molecule has 6 heteroatoms. The molecule has 0 aliphatic carbocycles. The molecule has 0 aliphatic rings. The van der Waals surface area contributed by atoms with Crippen molar-refractivity contribution in [3.05, 3.63) is 97.2 Å². The van der Waals surface area contributed by atoms with E-state index < -0.39 is 6.10 Å². The maximum absolute atomic E-state index is 12.9. The van der Waals surface area contributed by atoms with Crippen LogP contribution in [0.3, 0.4) is 0 Å². The van der Waals surface area contributed by atoms with Gasteiger partial charge in [0, 0.05) is 19.3 Å². The largest absolute Gasteiger partial charge is 0.462 e. The van der Waals surface area contributed by atoms with E-state index in [2.05, 4.69) is 118 Å². The maximum atomic E-state index is 12.9. The van der Waals surface area contributed by atoms with Gasteiger partial charge in [-0.2, -0.15) is 0 Å². The summed E-state index contributed by atoms with van der Waals surface area (Å²) in [5.74, 6) is -0.898. The summed E-state index contributed by atoms with van der Waals surface area (Å²) < 4.78 is 16.9. The van der Waals surface area contributed by atoms with Gasteiger partial charge >= 0.3 is 17.9 Å². The van der Waals surface area contributed by atoms with Crippen LogP contribution in [0.2, 0.25) is 0 Å². The molecule has 0 bridgehead atoms. The smallest absolute Gasteiger partial charge is 0.306 e. The predicted octanol–water partition coefficient (Wildman–Crippen LogP) is 20.9. The lowest BCUT2D eigenvalue weighted by molar-refractivity contribution is -0.167. The summed E-state index contributed by atoms with van der Waals surface area (Å²) in [6.45, 7) is 6.49. The van der Waals surface area contributed by atoms with Crippen molar-refractivity contribution < 1.29 is 28.6 Å². The van der Waals surface area contributed by atoms with Crippen molar-refractivity contribution >= 4 is 17.9 Å². The molecule has 0 aromatic rings. The third-order valence-electron chi connectivity index (χ3n) is 13.1. The molecule has 0 aromatic heterocycles. The van der Waals surface area contributed by atoms with Crippen LogP contribution in [0.1, 0.15) is 290 Å². The fourth-order valence-corrected chi connectivity index (χ4v) is 8.46. The van der Waals surface area contributed by atoms with Crippen molar-refractivity contribution in [2.75, 3.05) is 13.2 Å². The average Bonchev–Trinajstić information content (AvgIpc) is 3.39. The number of unbranched alkanes of at least 4 members (excludes halogenated alkanes) is 28. The molecule has 0 radical (unpaired) electrons. The van der Waals surface area contributed by atoms with Crippen LogP contribution in [-0.2, 0) is 28.6 Å². The van der Waals surface area contributed by atoms with E-state index in [1.54, 1.807) is 0 Å². The van der Waals surface area contributed by atoms with Crippen LogP contribution in [0.4, 0.5) is 0 Å². The Morgan fingerprint density at radius 2 is 0.548 bits per heavy atom. The summed E-state index contributed by atoms with van der Waals surface area (Å²) in [7, 11) is 0. The van der Waals surface area contributed by atoms with E-state index in [9.17, 15) is 14.4 Å². The van der Waals surface area contributed by atoms with Crippen LogP contribution in [-0.4, -0.2) is 37.2 Å². The first kappa shape index (κ1) is 69.3. The highest BCUT2D eigenvalue weighted by Gasteiger charge is 2.19. The van der Waals surface area contributed by atoms with Crippen LogP contribution in [0.25, 0.3) is 0 Å². The van der Waals surface area contributed by atoms with Crippen LogP contribution in [0.5, 0.6) is 0 Å². The highest BCUT2D eigenvalue weighted by molar-refractivity contribution is 5.71. The van der Waals surface area contributed by atoms with E-state index in [1.807, 2.05) is 0 Å². The molecular weight excluding hydrogens is 901 g/mol. The quantitative estimate of drug-likeness (QED) is 0.0261. The second-order valence-electron chi connectivity index (χ2n) is 20.2. The third-order valence-corrected chi connectivity index (χ3v) is 13.1. The minimum atomic E-state index is -0.788. The third kappa shape index (κ3) is 59.1. The number of rotatable bonds is 55. The second-order valence-corrected chi connectivity index (χ2v) is 20.2. The molecule has 1 unspecified atom stereocenters. The summed E-state index contributed by atoms with van der Waals surface area (Å²) in [5, 5.41) is 0. The molecule has 0 fully saturated rings. The van der Waals surface area contributed by atoms with Crippen molar-refractivity contribution in [1.82, 2.24) is 0 Å². The lowest BCUT2D eigenvalue weighted by Gasteiger charge is -2.18. The molecule has 0 rings (SSSR count). The van der Waals surface area contributed by atoms with Gasteiger partial charge in [-0.25, -0.2) is 0 Å². The molecule has 0 aliphatic heterocycles. The first-order chi connectivity index (χ1) is 36.0. The Labute approximate surface area is 451 Å². The second kappa shape index (κ2) is 60.9. The molecule has 0 amide bonds. The molecule has 6 nitrogen and oxygen atoms in total. The van der Waals surface area contributed by atoms with Crippen LogP contribution < -0.4 is 0 Å². The Bertz CT molecular complexity index is 1440. The van der Waals surface area contributed by atoms with Gasteiger partial charge < -0.3 is 14.2 Å². The normalized spacial score (nSPS) is 12.8. The number of hydrogen-bond donors (Lipinski definition) is 0. The van der Waals surface area contributed by atoms with Gasteiger partial charge in [0.2, 0.25) is 0 Å². The van der Waals surface area contributed by atoms with Gasteiger partial charge in [-0.3, -0.25) is 14.4 Å². The Morgan fingerprint density at radius 1 is 0.288 bits per heavy atom. The highest BCUT2D eigenvalue weighted by atomic mass is 16.6. The molecule has 0 aromatic carbocycles. The zero-order valence-corrected chi connectivity index (χ0v) is 47.9. The molecular formula is C67H114O6. The molecule has 418 valence electrons. The Kier molecular flexibility index (Phi) is 57.8. The summed E-state index contributed by atoms with van der Waals surface area (Å²) in [6, 6.07) is 0. The molecule has 73 heavy (non-hydrogen) atoms. The van der Waals surface area contributed by atoms with Gasteiger partial charge in [0.15, 0.2) is 6.10 Å². The number of ether oxygens (including phenoxy) is 3. The Morgan fingerprint density at radius 3 is 0.877 bits per heavy atom. The maximum Gasteiger partial charge on any atom is 0.306 e. The highest BCUT2D eigenvalue weighted by Crippen LogP contribution is 2.16. The van der Waals surface area contributed by atoms with Crippen LogP contribution in [0, 0.1) is 0 Å². The number of hydrogen-bond acceptors (Lipinski definition) is 6. The van der Waals surface area contributed by atoms with Crippen molar-refractivity contribution in [2.45, 2.75) is 297 Å². The minimum Gasteiger partial charge on any atom is -0.462 e. The molecule has 0 saturated heterocycles. The van der Waals surface area contributed by atoms with E-state index >= 15 is 0 Å². The van der Waals surface area contributed by atoms with Gasteiger partial charge in [0.1, 0.15) is 13.2 Å². The van der Waals surface area contributed by atoms with Gasteiger partial charge in [-0.15, -0.1) is 0 Å². The zero-order chi connectivity index (χ0) is 52.9. The standard InChI is InChI=1S/C67H114O6/c1-4-7-10-13-16-19-22-25-28-29-30-31-32-33-34-35-36-37-38-39-40-43-45-48-51-54-57-60-66(69)72-63-64(73-67(70)61-58-55-52-49-46-42-27-24-21-18-15-12-9-6-3)62-71-65(68)59-56-53-50-47-44-41-26-23-20-17-14-11-8-5-2/h7,10,15-16,18-19,24-25,27-28,30-31,33-34,36-37,64H,4-6,8-9,11-14,17,20-23,26,29,32,35,38-63H2,1-3H3/b10-7-,18-15-,19-16-,27-24-,28-25-,31-30-,34-33-,37-36-. The first-order valence-electron chi connectivity index (χ1n) is 30.7. The van der Waals surface area contributed by atoms with Crippen molar-refractivity contribution in [3.63, 3.8) is 0 Å². The van der Waals surface area contributed by atoms with E-state index in [0.717, 1.165) is 128 Å². The number of carbonyl (C=O) groups is 3. The Hall–Kier alpha value is -3.67. The predicted molar refractivity (Wildman–Crippen MR) is 316 cm³/mol. The summed E-state index contributed by atoms with van der Waals surface area (Å²) in [5.41, 5.74) is 0. The summed E-state index contributed by atoms with van der Waals surface area (Å²) in [6.07, 6.45) is 81.2. The van der Waals surface area contributed by atoms with Crippen molar-refractivity contribution in [1.29, 1.82) is 0 Å². The monoisotopic (exact) mass is 1010 g/mol. The van der Waals surface area contributed by atoms with Gasteiger partial charge in [0.25, 0.3) is 0 Å². The topological polar surface area (TPSA) is 78.9 Å². The molecule has 0 saturated carbocycles. The van der Waals surface area contributed by atoms with Crippen molar-refractivity contribution in [3.8, 4) is 0 Å². The van der Waals surface area contributed by atoms with Gasteiger partial charge in [0.05, 0.1) is 0 Å². The first-order valence-corrected chi connectivity index (χ1v) is 30.7. The van der Waals surface area contributed by atoms with E-state index in [1.165, 1.54) is 122 Å². The van der Waals surface area contributed by atoms with Gasteiger partial charge in [-0.1, -0.05) is 272 Å². The molecule has 1 atom stereocenters. The minimum absolute atomic E-state index is 0.0834. The molecule has 0 heterocycles. The van der Waals surface area contributed by atoms with Crippen LogP contribution >= 0.6 is 0 Å². The summed E-state index contributed by atoms with van der Waals surface area (Å²) >= 11 is 0. The average molecular weight is 1020 g/mol. The lowest BCUT2D eigenvalue weighted by atomic mass is 10.0. The SMILES string of the molecule is CC/C=C\C/C=C\C/C=C\C/C=C\C/C=C\C/C=C\CCCCCCCCCCC(=O)OCC(COC(=O)CCCCCCCCCCCCCCCC)OC(=O)CCCCCCC/C=C\C/C=C\CCCC. The van der Waals surface area contributed by atoms with E-state index in [0.29, 0.717) is 19.3 Å². The molecule has 0 spiro atoms. The number of carbonyl (C=O) groups excluding carboxylic acids is 3. The number of allylic oxidation sites excluding steroid dienone is 16. The summed E-state index contributed by atoms with van der Waals surface area (Å²) in [4.78, 5) is 38.2. The van der Waals surface area contributed by atoms with Crippen LogP contribution in [0.15, 0.2) is 97.2 Å². The zero-order valence-electron chi connectivity index (χ0n) is 47.9. The Balaban J connectivity index is 4.32. The van der Waals surface area contributed by atoms with Crippen molar-refractivity contribution in [2.24, 2.45) is 0 Å². The lowest BCUT2D eigenvalue weighted by Crippen LogP contribution is -2.30.